The topological polar surface area (TPSA) is 24.4 Å². The van der Waals surface area contributed by atoms with Crippen LogP contribution in [-0.4, -0.2) is 11.8 Å². The molecule has 4 aliphatic carbocycles. The first-order valence-corrected chi connectivity index (χ1v) is 15.9. The van der Waals surface area contributed by atoms with Crippen LogP contribution in [0.5, 0.6) is 0 Å². The third kappa shape index (κ3) is 5.01. The van der Waals surface area contributed by atoms with Crippen molar-refractivity contribution in [3.63, 3.8) is 0 Å². The number of hydrogen-bond donors (Lipinski definition) is 1. The standard InChI is InChI=1S/C34H56N2/c1-7-8-9-25-12-14-27-26(20-25)13-15-29-28(27)18-19-34(6)30(29)16-17-32(34)33(4,5)36-31-22-35-21-23(2)10-11-24(31)3/h21-22,25-30,32,36H,7-20H2,1-6H3/b23-21-,31-24+,35-22+/t25-,26+,27-,28+,29+,30-,32+,34-/m0/s1. The molecule has 4 fully saturated rings. The minimum atomic E-state index is 0.103. The van der Waals surface area contributed by atoms with Crippen LogP contribution in [0.4, 0.5) is 0 Å². The lowest BCUT2D eigenvalue weighted by molar-refractivity contribution is -0.0769. The Balaban J connectivity index is 1.28. The van der Waals surface area contributed by atoms with Crippen molar-refractivity contribution in [2.24, 2.45) is 51.8 Å². The molecule has 0 unspecified atom stereocenters. The van der Waals surface area contributed by atoms with Crippen LogP contribution >= 0.6 is 0 Å². The molecule has 0 spiro atoms. The summed E-state index contributed by atoms with van der Waals surface area (Å²) in [5.41, 5.74) is 4.73. The molecule has 36 heavy (non-hydrogen) atoms. The molecule has 2 nitrogen and oxygen atoms in total. The van der Waals surface area contributed by atoms with Gasteiger partial charge in [0.05, 0.1) is 5.70 Å². The van der Waals surface area contributed by atoms with Crippen molar-refractivity contribution in [3.8, 4) is 0 Å². The number of hydrogen-bond acceptors (Lipinski definition) is 2. The molecular formula is C34H56N2. The number of nitrogens with zero attached hydrogens (tertiary/aromatic N) is 1. The van der Waals surface area contributed by atoms with Gasteiger partial charge in [-0.2, -0.15) is 0 Å². The first kappa shape index (κ1) is 26.6. The highest BCUT2D eigenvalue weighted by Crippen LogP contribution is 2.66. The zero-order valence-corrected chi connectivity index (χ0v) is 24.5. The van der Waals surface area contributed by atoms with Gasteiger partial charge in [-0.1, -0.05) is 45.1 Å². The summed E-state index contributed by atoms with van der Waals surface area (Å²) in [4.78, 5) is 4.66. The fourth-order valence-electron chi connectivity index (χ4n) is 10.4. The van der Waals surface area contributed by atoms with Crippen LogP contribution in [0, 0.1) is 46.8 Å². The molecule has 1 N–H and O–H groups in total. The van der Waals surface area contributed by atoms with E-state index in [1.807, 2.05) is 0 Å². The Labute approximate surface area is 223 Å². The van der Waals surface area contributed by atoms with E-state index in [-0.39, 0.29) is 5.54 Å². The number of fused-ring (bicyclic) bond motifs is 5. The van der Waals surface area contributed by atoms with E-state index in [4.69, 9.17) is 0 Å². The molecule has 5 rings (SSSR count). The number of nitrogens with one attached hydrogen (secondary N) is 1. The Bertz CT molecular complexity index is 878. The molecule has 0 radical (unpaired) electrons. The van der Waals surface area contributed by atoms with Crippen molar-refractivity contribution in [2.45, 2.75) is 137 Å². The SMILES string of the molecule is CCCC[C@H]1CC[C@H]2[C@H](CC[C@@H]3[C@@H]2CC[C@]2(C)[C@@H](C(C)(C)NC4=C(/C)CC\C(C)=C/N=C/4)CC[C@@H]32)C1. The normalized spacial score (nSPS) is 45.4. The molecule has 0 aromatic carbocycles. The van der Waals surface area contributed by atoms with E-state index in [2.05, 4.69) is 64.3 Å². The molecular weight excluding hydrogens is 436 g/mol. The molecule has 1 heterocycles. The third-order valence-corrected chi connectivity index (χ3v) is 12.2. The summed E-state index contributed by atoms with van der Waals surface area (Å²) >= 11 is 0. The minimum absolute atomic E-state index is 0.103. The number of allylic oxidation sites excluding steroid dienone is 3. The van der Waals surface area contributed by atoms with E-state index in [1.165, 1.54) is 74.6 Å². The van der Waals surface area contributed by atoms with Crippen molar-refractivity contribution in [1.82, 2.24) is 5.32 Å². The second kappa shape index (κ2) is 10.6. The van der Waals surface area contributed by atoms with Crippen LogP contribution in [0.1, 0.15) is 131 Å². The van der Waals surface area contributed by atoms with Crippen LogP contribution in [0.3, 0.4) is 0 Å². The molecule has 0 aromatic rings. The zero-order chi connectivity index (χ0) is 25.5. The Morgan fingerprint density at radius 1 is 0.972 bits per heavy atom. The predicted molar refractivity (Wildman–Crippen MR) is 155 cm³/mol. The van der Waals surface area contributed by atoms with Crippen LogP contribution in [-0.2, 0) is 0 Å². The average molecular weight is 493 g/mol. The summed E-state index contributed by atoms with van der Waals surface area (Å²) in [6, 6.07) is 0. The second-order valence-corrected chi connectivity index (χ2v) is 14.7. The molecule has 0 bridgehead atoms. The summed E-state index contributed by atoms with van der Waals surface area (Å²) in [6.45, 7) is 14.6. The van der Waals surface area contributed by atoms with E-state index in [0.29, 0.717) is 5.41 Å². The van der Waals surface area contributed by atoms with Gasteiger partial charge >= 0.3 is 0 Å². The number of rotatable bonds is 6. The maximum atomic E-state index is 4.66. The Morgan fingerprint density at radius 3 is 2.58 bits per heavy atom. The van der Waals surface area contributed by atoms with Crippen LogP contribution in [0.25, 0.3) is 0 Å². The first-order chi connectivity index (χ1) is 17.2. The summed E-state index contributed by atoms with van der Waals surface area (Å²) in [6.07, 6.45) is 24.4. The van der Waals surface area contributed by atoms with Gasteiger partial charge in [0.15, 0.2) is 0 Å². The van der Waals surface area contributed by atoms with Crippen molar-refractivity contribution in [3.05, 3.63) is 23.0 Å². The van der Waals surface area contributed by atoms with E-state index >= 15 is 0 Å². The summed E-state index contributed by atoms with van der Waals surface area (Å²) in [5, 5.41) is 4.07. The van der Waals surface area contributed by atoms with Gasteiger partial charge in [-0.25, -0.2) is 0 Å². The second-order valence-electron chi connectivity index (χ2n) is 14.7. The Hall–Kier alpha value is -1.05. The van der Waals surface area contributed by atoms with Gasteiger partial charge in [0, 0.05) is 18.0 Å². The Kier molecular flexibility index (Phi) is 7.82. The van der Waals surface area contributed by atoms with Crippen molar-refractivity contribution in [1.29, 1.82) is 0 Å². The molecule has 202 valence electrons. The lowest BCUT2D eigenvalue weighted by Gasteiger charge is -2.58. The number of unbranched alkanes of at least 4 members (excludes halogenated alkanes) is 1. The molecule has 0 aromatic heterocycles. The molecule has 8 atom stereocenters. The monoisotopic (exact) mass is 492 g/mol. The van der Waals surface area contributed by atoms with E-state index in [9.17, 15) is 0 Å². The third-order valence-electron chi connectivity index (χ3n) is 12.2. The lowest BCUT2D eigenvalue weighted by atomic mass is 9.48. The van der Waals surface area contributed by atoms with Crippen molar-refractivity contribution in [2.75, 3.05) is 0 Å². The molecule has 2 heteroatoms. The zero-order valence-electron chi connectivity index (χ0n) is 24.5. The van der Waals surface area contributed by atoms with Crippen LogP contribution in [0.2, 0.25) is 0 Å². The fraction of sp³-hybridized carbons (Fsp3) is 0.853. The Morgan fingerprint density at radius 2 is 1.78 bits per heavy atom. The van der Waals surface area contributed by atoms with Gasteiger partial charge in [0.1, 0.15) is 0 Å². The highest BCUT2D eigenvalue weighted by atomic mass is 15.0. The van der Waals surface area contributed by atoms with E-state index < -0.39 is 0 Å². The summed E-state index contributed by atoms with van der Waals surface area (Å²) in [7, 11) is 0. The molecule has 4 saturated carbocycles. The maximum absolute atomic E-state index is 4.66. The maximum Gasteiger partial charge on any atom is 0.0519 e. The fourth-order valence-corrected chi connectivity index (χ4v) is 10.4. The van der Waals surface area contributed by atoms with Gasteiger partial charge in [-0.05, 0) is 144 Å². The van der Waals surface area contributed by atoms with Crippen LogP contribution < -0.4 is 5.32 Å². The van der Waals surface area contributed by atoms with Crippen molar-refractivity contribution < 1.29 is 0 Å². The highest BCUT2D eigenvalue weighted by Gasteiger charge is 2.59. The van der Waals surface area contributed by atoms with Gasteiger partial charge in [0.25, 0.3) is 0 Å². The quantitative estimate of drug-likeness (QED) is 0.392. The van der Waals surface area contributed by atoms with E-state index in [0.717, 1.165) is 54.3 Å². The largest absolute Gasteiger partial charge is 0.379 e. The molecule has 1 aliphatic heterocycles. The van der Waals surface area contributed by atoms with Gasteiger partial charge in [0.2, 0.25) is 0 Å². The van der Waals surface area contributed by atoms with E-state index in [1.54, 1.807) is 19.3 Å². The average Bonchev–Trinajstić information content (AvgIpc) is 3.22. The van der Waals surface area contributed by atoms with Crippen molar-refractivity contribution >= 4 is 6.21 Å². The van der Waals surface area contributed by atoms with Gasteiger partial charge in [-0.3, -0.25) is 4.99 Å². The predicted octanol–water partition coefficient (Wildman–Crippen LogP) is 9.47. The van der Waals surface area contributed by atoms with Crippen LogP contribution in [0.15, 0.2) is 28.0 Å². The lowest BCUT2D eigenvalue weighted by Crippen LogP contribution is -2.55. The van der Waals surface area contributed by atoms with Gasteiger partial charge < -0.3 is 5.32 Å². The highest BCUT2D eigenvalue weighted by molar-refractivity contribution is 5.79. The number of aliphatic imine (C=N–C) groups is 1. The summed E-state index contributed by atoms with van der Waals surface area (Å²) in [5.74, 6) is 6.92. The molecule has 0 saturated heterocycles. The molecule has 5 aliphatic rings. The smallest absolute Gasteiger partial charge is 0.0519 e. The minimum Gasteiger partial charge on any atom is -0.379 e. The first-order valence-electron chi connectivity index (χ1n) is 15.9. The summed E-state index contributed by atoms with van der Waals surface area (Å²) < 4.78 is 0. The van der Waals surface area contributed by atoms with Gasteiger partial charge in [-0.15, -0.1) is 0 Å². The molecule has 0 amide bonds.